The predicted molar refractivity (Wildman–Crippen MR) is 69.0 cm³/mol. The number of aromatic nitrogens is 2. The maximum atomic E-state index is 5.20. The molecular weight excluding hydrogens is 214 g/mol. The van der Waals surface area contributed by atoms with E-state index in [0.29, 0.717) is 0 Å². The number of methoxy groups -OCH3 is 1. The van der Waals surface area contributed by atoms with Gasteiger partial charge in [-0.2, -0.15) is 0 Å². The number of hydrogen-bond donors (Lipinski definition) is 1. The SMILES string of the molecule is CCNc1nccn1-c1ccc(OC)cc1C. The summed E-state index contributed by atoms with van der Waals surface area (Å²) in [6.07, 6.45) is 3.74. The molecule has 1 aromatic heterocycles. The third kappa shape index (κ3) is 2.25. The van der Waals surface area contributed by atoms with Gasteiger partial charge in [0.2, 0.25) is 5.95 Å². The molecular formula is C13H17N3O. The lowest BCUT2D eigenvalue weighted by atomic mass is 10.2. The molecule has 4 heteroatoms. The maximum Gasteiger partial charge on any atom is 0.207 e. The van der Waals surface area contributed by atoms with Gasteiger partial charge in [0.15, 0.2) is 0 Å². The van der Waals surface area contributed by atoms with Crippen LogP contribution in [0.25, 0.3) is 5.69 Å². The zero-order valence-corrected chi connectivity index (χ0v) is 10.4. The first kappa shape index (κ1) is 11.5. The molecule has 0 radical (unpaired) electrons. The van der Waals surface area contributed by atoms with Crippen molar-refractivity contribution in [2.45, 2.75) is 13.8 Å². The summed E-state index contributed by atoms with van der Waals surface area (Å²) in [4.78, 5) is 4.29. The Kier molecular flexibility index (Phi) is 3.32. The minimum absolute atomic E-state index is 0.853. The van der Waals surface area contributed by atoms with E-state index in [9.17, 15) is 0 Å². The van der Waals surface area contributed by atoms with Gasteiger partial charge in [0.25, 0.3) is 0 Å². The standard InChI is InChI=1S/C13H17N3O/c1-4-14-13-15-7-8-16(13)12-6-5-11(17-3)9-10(12)2/h5-9H,4H2,1-3H3,(H,14,15). The highest BCUT2D eigenvalue weighted by atomic mass is 16.5. The number of anilines is 1. The van der Waals surface area contributed by atoms with E-state index in [4.69, 9.17) is 4.74 Å². The largest absolute Gasteiger partial charge is 0.497 e. The van der Waals surface area contributed by atoms with E-state index in [1.807, 2.05) is 29.0 Å². The second-order valence-electron chi connectivity index (χ2n) is 3.80. The Morgan fingerprint density at radius 3 is 2.88 bits per heavy atom. The molecule has 0 bridgehead atoms. The smallest absolute Gasteiger partial charge is 0.207 e. The van der Waals surface area contributed by atoms with Crippen LogP contribution in [0, 0.1) is 6.92 Å². The summed E-state index contributed by atoms with van der Waals surface area (Å²) in [6.45, 7) is 4.97. The molecule has 0 aliphatic carbocycles. The van der Waals surface area contributed by atoms with Gasteiger partial charge in [0.1, 0.15) is 5.75 Å². The lowest BCUT2D eigenvalue weighted by Crippen LogP contribution is -2.06. The van der Waals surface area contributed by atoms with Gasteiger partial charge in [0.05, 0.1) is 12.8 Å². The van der Waals surface area contributed by atoms with Gasteiger partial charge in [-0.1, -0.05) is 0 Å². The number of imidazole rings is 1. The van der Waals surface area contributed by atoms with E-state index in [-0.39, 0.29) is 0 Å². The Morgan fingerprint density at radius 2 is 2.24 bits per heavy atom. The molecule has 0 atom stereocenters. The van der Waals surface area contributed by atoms with Crippen molar-refractivity contribution in [2.75, 3.05) is 19.0 Å². The van der Waals surface area contributed by atoms with Crippen molar-refractivity contribution in [3.8, 4) is 11.4 Å². The van der Waals surface area contributed by atoms with Gasteiger partial charge in [-0.15, -0.1) is 0 Å². The number of nitrogens with one attached hydrogen (secondary N) is 1. The first-order valence-electron chi connectivity index (χ1n) is 5.68. The number of rotatable bonds is 4. The molecule has 0 saturated carbocycles. The van der Waals surface area contributed by atoms with Crippen molar-refractivity contribution >= 4 is 5.95 Å². The summed E-state index contributed by atoms with van der Waals surface area (Å²) in [5.41, 5.74) is 2.26. The Bertz CT molecular complexity index is 505. The Hall–Kier alpha value is -1.97. The average Bonchev–Trinajstić information content (AvgIpc) is 2.77. The first-order valence-corrected chi connectivity index (χ1v) is 5.68. The van der Waals surface area contributed by atoms with Crippen LogP contribution in [0.3, 0.4) is 0 Å². The lowest BCUT2D eigenvalue weighted by molar-refractivity contribution is 0.414. The molecule has 2 rings (SSSR count). The summed E-state index contributed by atoms with van der Waals surface area (Å²) in [5.74, 6) is 1.73. The highest BCUT2D eigenvalue weighted by Crippen LogP contribution is 2.22. The molecule has 0 fully saturated rings. The highest BCUT2D eigenvalue weighted by Gasteiger charge is 2.07. The van der Waals surface area contributed by atoms with Gasteiger partial charge in [-0.3, -0.25) is 4.57 Å². The molecule has 1 N–H and O–H groups in total. The van der Waals surface area contributed by atoms with Gasteiger partial charge in [0, 0.05) is 18.9 Å². The monoisotopic (exact) mass is 231 g/mol. The van der Waals surface area contributed by atoms with Gasteiger partial charge in [-0.05, 0) is 37.6 Å². The van der Waals surface area contributed by atoms with Crippen LogP contribution in [0.1, 0.15) is 12.5 Å². The molecule has 0 spiro atoms. The van der Waals surface area contributed by atoms with Crippen LogP contribution in [0.15, 0.2) is 30.6 Å². The Labute approximate surface area is 101 Å². The molecule has 0 saturated heterocycles. The molecule has 2 aromatic rings. The van der Waals surface area contributed by atoms with E-state index in [0.717, 1.165) is 29.5 Å². The van der Waals surface area contributed by atoms with E-state index < -0.39 is 0 Å². The molecule has 0 aliphatic heterocycles. The van der Waals surface area contributed by atoms with Crippen LogP contribution in [0.4, 0.5) is 5.95 Å². The lowest BCUT2D eigenvalue weighted by Gasteiger charge is -2.12. The van der Waals surface area contributed by atoms with Gasteiger partial charge in [-0.25, -0.2) is 4.98 Å². The Balaban J connectivity index is 2.42. The first-order chi connectivity index (χ1) is 8.26. The molecule has 17 heavy (non-hydrogen) atoms. The highest BCUT2D eigenvalue weighted by molar-refractivity contribution is 5.49. The average molecular weight is 231 g/mol. The van der Waals surface area contributed by atoms with Crippen molar-refractivity contribution in [2.24, 2.45) is 0 Å². The molecule has 0 unspecified atom stereocenters. The van der Waals surface area contributed by atoms with Crippen LogP contribution in [0.5, 0.6) is 5.75 Å². The second kappa shape index (κ2) is 4.91. The number of aryl methyl sites for hydroxylation is 1. The molecule has 1 aromatic carbocycles. The van der Waals surface area contributed by atoms with E-state index in [1.54, 1.807) is 13.3 Å². The quantitative estimate of drug-likeness (QED) is 0.879. The van der Waals surface area contributed by atoms with Crippen LogP contribution >= 0.6 is 0 Å². The summed E-state index contributed by atoms with van der Waals surface area (Å²) >= 11 is 0. The van der Waals surface area contributed by atoms with Crippen molar-refractivity contribution in [1.82, 2.24) is 9.55 Å². The number of ether oxygens (including phenoxy) is 1. The number of nitrogens with zero attached hydrogens (tertiary/aromatic N) is 2. The van der Waals surface area contributed by atoms with Crippen molar-refractivity contribution in [3.05, 3.63) is 36.2 Å². The van der Waals surface area contributed by atoms with E-state index in [1.165, 1.54) is 0 Å². The van der Waals surface area contributed by atoms with Crippen molar-refractivity contribution in [3.63, 3.8) is 0 Å². The van der Waals surface area contributed by atoms with Crippen molar-refractivity contribution in [1.29, 1.82) is 0 Å². The number of hydrogen-bond acceptors (Lipinski definition) is 3. The maximum absolute atomic E-state index is 5.20. The Morgan fingerprint density at radius 1 is 1.41 bits per heavy atom. The van der Waals surface area contributed by atoms with Crippen LogP contribution < -0.4 is 10.1 Å². The third-order valence-electron chi connectivity index (χ3n) is 2.64. The zero-order valence-electron chi connectivity index (χ0n) is 10.4. The molecule has 4 nitrogen and oxygen atoms in total. The minimum Gasteiger partial charge on any atom is -0.497 e. The fourth-order valence-corrected chi connectivity index (χ4v) is 1.81. The summed E-state index contributed by atoms with van der Waals surface area (Å²) in [5, 5.41) is 3.23. The summed E-state index contributed by atoms with van der Waals surface area (Å²) in [6, 6.07) is 6.01. The topological polar surface area (TPSA) is 39.1 Å². The van der Waals surface area contributed by atoms with Crippen LogP contribution in [-0.4, -0.2) is 23.2 Å². The zero-order chi connectivity index (χ0) is 12.3. The molecule has 0 amide bonds. The van der Waals surface area contributed by atoms with Crippen LogP contribution in [0.2, 0.25) is 0 Å². The third-order valence-corrected chi connectivity index (χ3v) is 2.64. The van der Waals surface area contributed by atoms with Gasteiger partial charge < -0.3 is 10.1 Å². The van der Waals surface area contributed by atoms with Crippen LogP contribution in [-0.2, 0) is 0 Å². The normalized spacial score (nSPS) is 10.3. The second-order valence-corrected chi connectivity index (χ2v) is 3.80. The molecule has 90 valence electrons. The van der Waals surface area contributed by atoms with E-state index >= 15 is 0 Å². The molecule has 0 aliphatic rings. The van der Waals surface area contributed by atoms with E-state index in [2.05, 4.69) is 24.1 Å². The van der Waals surface area contributed by atoms with Gasteiger partial charge >= 0.3 is 0 Å². The van der Waals surface area contributed by atoms with Crippen molar-refractivity contribution < 1.29 is 4.74 Å². The fraction of sp³-hybridized carbons (Fsp3) is 0.308. The number of benzene rings is 1. The minimum atomic E-state index is 0.853. The summed E-state index contributed by atoms with van der Waals surface area (Å²) in [7, 11) is 1.68. The summed E-state index contributed by atoms with van der Waals surface area (Å²) < 4.78 is 7.24. The predicted octanol–water partition coefficient (Wildman–Crippen LogP) is 2.62. The molecule has 1 heterocycles. The fourth-order valence-electron chi connectivity index (χ4n) is 1.81.